The number of aryl methyl sites for hydroxylation is 3. The Hall–Kier alpha value is -3.19. The van der Waals surface area contributed by atoms with E-state index < -0.39 is 0 Å². The Bertz CT molecular complexity index is 976. The number of nitrogens with one attached hydrogen (secondary N) is 3. The maximum absolute atomic E-state index is 12.3. The van der Waals surface area contributed by atoms with E-state index in [9.17, 15) is 9.59 Å². The molecule has 1 aromatic heterocycles. The van der Waals surface area contributed by atoms with Gasteiger partial charge >= 0.3 is 6.03 Å². The van der Waals surface area contributed by atoms with Crippen LogP contribution in [0, 0.1) is 20.8 Å². The maximum atomic E-state index is 12.3. The first-order valence-corrected chi connectivity index (χ1v) is 9.72. The predicted octanol–water partition coefficient (Wildman–Crippen LogP) is 4.89. The van der Waals surface area contributed by atoms with Crippen LogP contribution in [0.1, 0.15) is 22.4 Å². The van der Waals surface area contributed by atoms with Crippen molar-refractivity contribution < 1.29 is 9.59 Å². The first kappa shape index (κ1) is 19.6. The molecule has 28 heavy (non-hydrogen) atoms. The predicted molar refractivity (Wildman–Crippen MR) is 114 cm³/mol. The highest BCUT2D eigenvalue weighted by Crippen LogP contribution is 2.18. The first-order valence-electron chi connectivity index (χ1n) is 8.84. The Morgan fingerprint density at radius 1 is 0.857 bits per heavy atom. The molecular weight excluding hydrogens is 372 g/mol. The van der Waals surface area contributed by atoms with Gasteiger partial charge in [-0.2, -0.15) is 0 Å². The number of amides is 3. The van der Waals surface area contributed by atoms with E-state index in [1.807, 2.05) is 57.2 Å². The largest absolute Gasteiger partial charge is 0.326 e. The van der Waals surface area contributed by atoms with Crippen molar-refractivity contribution in [1.82, 2.24) is 4.98 Å². The minimum atomic E-state index is -0.371. The first-order chi connectivity index (χ1) is 13.4. The second-order valence-corrected chi connectivity index (χ2v) is 7.55. The molecule has 2 aromatic carbocycles. The highest BCUT2D eigenvalue weighted by Gasteiger charge is 2.11. The third-order valence-corrected chi connectivity index (χ3v) is 4.74. The Kier molecular flexibility index (Phi) is 6.06. The Balaban J connectivity index is 1.53. The molecule has 144 valence electrons. The number of carbonyl (C=O) groups excluding carboxylic acids is 2. The molecule has 0 saturated heterocycles. The quantitative estimate of drug-likeness (QED) is 0.576. The lowest BCUT2D eigenvalue weighted by atomic mass is 10.1. The number of thiazole rings is 1. The number of rotatable bonds is 5. The lowest BCUT2D eigenvalue weighted by Gasteiger charge is -2.07. The summed E-state index contributed by atoms with van der Waals surface area (Å²) in [4.78, 5) is 28.6. The molecule has 0 fully saturated rings. The molecule has 3 aromatic rings. The molecule has 0 aliphatic carbocycles. The molecule has 0 bridgehead atoms. The highest BCUT2D eigenvalue weighted by atomic mass is 32.1. The average Bonchev–Trinajstić information content (AvgIpc) is 3.02. The monoisotopic (exact) mass is 394 g/mol. The van der Waals surface area contributed by atoms with Gasteiger partial charge in [-0.05, 0) is 56.2 Å². The van der Waals surface area contributed by atoms with Crippen molar-refractivity contribution in [2.75, 3.05) is 16.0 Å². The molecule has 7 heteroatoms. The number of hydrogen-bond donors (Lipinski definition) is 3. The van der Waals surface area contributed by atoms with Crippen LogP contribution in [-0.4, -0.2) is 16.9 Å². The third-order valence-electron chi connectivity index (χ3n) is 3.93. The van der Waals surface area contributed by atoms with E-state index in [-0.39, 0.29) is 18.4 Å². The molecule has 0 radical (unpaired) electrons. The summed E-state index contributed by atoms with van der Waals surface area (Å²) in [5.74, 6) is -0.147. The van der Waals surface area contributed by atoms with Crippen LogP contribution in [0.5, 0.6) is 0 Å². The fraction of sp³-hybridized carbons (Fsp3) is 0.190. The summed E-state index contributed by atoms with van der Waals surface area (Å²) < 4.78 is 0. The van der Waals surface area contributed by atoms with Crippen molar-refractivity contribution >= 4 is 39.8 Å². The zero-order valence-corrected chi connectivity index (χ0v) is 16.8. The van der Waals surface area contributed by atoms with Crippen LogP contribution in [-0.2, 0) is 11.2 Å². The molecule has 3 N–H and O–H groups in total. The Morgan fingerprint density at radius 3 is 2.21 bits per heavy atom. The van der Waals surface area contributed by atoms with E-state index in [1.165, 1.54) is 11.3 Å². The smallest absolute Gasteiger partial charge is 0.325 e. The van der Waals surface area contributed by atoms with Crippen LogP contribution in [0.25, 0.3) is 0 Å². The van der Waals surface area contributed by atoms with Gasteiger partial charge in [0.2, 0.25) is 5.91 Å². The number of aromatic nitrogens is 1. The molecule has 1 heterocycles. The van der Waals surface area contributed by atoms with Crippen LogP contribution in [0.15, 0.2) is 47.8 Å². The molecule has 0 atom stereocenters. The van der Waals surface area contributed by atoms with E-state index >= 15 is 0 Å². The van der Waals surface area contributed by atoms with Gasteiger partial charge in [-0.3, -0.25) is 10.1 Å². The molecule has 0 aliphatic rings. The fourth-order valence-electron chi connectivity index (χ4n) is 2.76. The van der Waals surface area contributed by atoms with Gasteiger partial charge in [0.1, 0.15) is 0 Å². The van der Waals surface area contributed by atoms with Crippen LogP contribution in [0.2, 0.25) is 0 Å². The summed E-state index contributed by atoms with van der Waals surface area (Å²) in [7, 11) is 0. The fourth-order valence-corrected chi connectivity index (χ4v) is 3.46. The molecule has 3 rings (SSSR count). The summed E-state index contributed by atoms with van der Waals surface area (Å²) >= 11 is 1.28. The molecule has 0 unspecified atom stereocenters. The van der Waals surface area contributed by atoms with Crippen molar-refractivity contribution in [3.8, 4) is 0 Å². The Morgan fingerprint density at radius 2 is 1.54 bits per heavy atom. The molecule has 0 aliphatic heterocycles. The van der Waals surface area contributed by atoms with Crippen molar-refractivity contribution in [2.45, 2.75) is 27.2 Å². The van der Waals surface area contributed by atoms with Crippen molar-refractivity contribution in [3.05, 3.63) is 70.2 Å². The van der Waals surface area contributed by atoms with Crippen LogP contribution in [0.3, 0.4) is 0 Å². The molecule has 3 amide bonds. The van der Waals surface area contributed by atoms with E-state index in [4.69, 9.17) is 0 Å². The Labute approximate surface area is 168 Å². The molecule has 0 saturated carbocycles. The van der Waals surface area contributed by atoms with E-state index in [1.54, 1.807) is 5.38 Å². The summed E-state index contributed by atoms with van der Waals surface area (Å²) in [6.07, 6.45) is 0.144. The number of carbonyl (C=O) groups is 2. The number of nitrogens with zero attached hydrogens (tertiary/aromatic N) is 1. The summed E-state index contributed by atoms with van der Waals surface area (Å²) in [5, 5.41) is 10.5. The lowest BCUT2D eigenvalue weighted by Crippen LogP contribution is -2.19. The molecular formula is C21H22N4O2S. The van der Waals surface area contributed by atoms with Gasteiger partial charge in [0, 0.05) is 16.8 Å². The second-order valence-electron chi connectivity index (χ2n) is 6.69. The van der Waals surface area contributed by atoms with Gasteiger partial charge < -0.3 is 10.6 Å². The van der Waals surface area contributed by atoms with Gasteiger partial charge in [0.15, 0.2) is 5.13 Å². The number of hydrogen-bond acceptors (Lipinski definition) is 4. The zero-order chi connectivity index (χ0) is 20.1. The van der Waals surface area contributed by atoms with E-state index in [0.717, 1.165) is 22.4 Å². The van der Waals surface area contributed by atoms with E-state index in [2.05, 4.69) is 27.0 Å². The van der Waals surface area contributed by atoms with Crippen molar-refractivity contribution in [3.63, 3.8) is 0 Å². The summed E-state index contributed by atoms with van der Waals surface area (Å²) in [5.41, 5.74) is 5.39. The molecule has 6 nitrogen and oxygen atoms in total. The zero-order valence-electron chi connectivity index (χ0n) is 16.0. The summed E-state index contributed by atoms with van der Waals surface area (Å²) in [6, 6.07) is 13.0. The topological polar surface area (TPSA) is 83.1 Å². The van der Waals surface area contributed by atoms with Gasteiger partial charge in [-0.25, -0.2) is 9.78 Å². The lowest BCUT2D eigenvalue weighted by molar-refractivity contribution is -0.115. The maximum Gasteiger partial charge on any atom is 0.325 e. The number of anilines is 3. The minimum Gasteiger partial charge on any atom is -0.326 e. The van der Waals surface area contributed by atoms with Gasteiger partial charge in [0.25, 0.3) is 0 Å². The van der Waals surface area contributed by atoms with Crippen molar-refractivity contribution in [1.29, 1.82) is 0 Å². The average molecular weight is 395 g/mol. The number of benzene rings is 2. The molecule has 0 spiro atoms. The highest BCUT2D eigenvalue weighted by molar-refractivity contribution is 7.14. The van der Waals surface area contributed by atoms with Gasteiger partial charge in [-0.15, -0.1) is 11.3 Å². The third kappa shape index (κ3) is 5.65. The standard InChI is InChI=1S/C21H22N4O2S/c1-13-4-6-16(7-5-13)23-20(27)25-21-24-18(12-28-21)11-19(26)22-17-9-14(2)8-15(3)10-17/h4-10,12H,11H2,1-3H3,(H,22,26)(H2,23,24,25,27). The normalized spacial score (nSPS) is 10.4. The minimum absolute atomic E-state index is 0.144. The van der Waals surface area contributed by atoms with Gasteiger partial charge in [-0.1, -0.05) is 23.8 Å². The van der Waals surface area contributed by atoms with Gasteiger partial charge in [0.05, 0.1) is 12.1 Å². The van der Waals surface area contributed by atoms with Crippen LogP contribution >= 0.6 is 11.3 Å². The van der Waals surface area contributed by atoms with E-state index in [0.29, 0.717) is 16.5 Å². The SMILES string of the molecule is Cc1ccc(NC(=O)Nc2nc(CC(=O)Nc3cc(C)cc(C)c3)cs2)cc1. The number of urea groups is 1. The van der Waals surface area contributed by atoms with Crippen LogP contribution < -0.4 is 16.0 Å². The second kappa shape index (κ2) is 8.67. The van der Waals surface area contributed by atoms with Crippen LogP contribution in [0.4, 0.5) is 21.3 Å². The summed E-state index contributed by atoms with van der Waals surface area (Å²) in [6.45, 7) is 5.96. The van der Waals surface area contributed by atoms with Crippen molar-refractivity contribution in [2.24, 2.45) is 0 Å².